The van der Waals surface area contributed by atoms with Gasteiger partial charge in [0, 0.05) is 0 Å². The highest BCUT2D eigenvalue weighted by Crippen LogP contribution is 2.44. The molecule has 0 aliphatic heterocycles. The fourth-order valence-corrected chi connectivity index (χ4v) is 5.63. The summed E-state index contributed by atoms with van der Waals surface area (Å²) in [6, 6.07) is 52.8. The van der Waals surface area contributed by atoms with Gasteiger partial charge in [0.1, 0.15) is 0 Å². The van der Waals surface area contributed by atoms with Crippen LogP contribution >= 0.6 is 0 Å². The first-order valence-corrected chi connectivity index (χ1v) is 12.5. The fourth-order valence-electron chi connectivity index (χ4n) is 5.63. The van der Waals surface area contributed by atoms with Crippen molar-refractivity contribution in [2.45, 2.75) is 0 Å². The molecule has 7 rings (SSSR count). The maximum absolute atomic E-state index is 2.31. The van der Waals surface area contributed by atoms with Crippen LogP contribution < -0.4 is 0 Å². The van der Waals surface area contributed by atoms with Gasteiger partial charge in [0.15, 0.2) is 0 Å². The summed E-state index contributed by atoms with van der Waals surface area (Å²) in [7, 11) is 0. The van der Waals surface area contributed by atoms with Crippen LogP contribution in [0.2, 0.25) is 0 Å². The third kappa shape index (κ3) is 3.31. The van der Waals surface area contributed by atoms with E-state index < -0.39 is 0 Å². The van der Waals surface area contributed by atoms with Crippen molar-refractivity contribution in [3.05, 3.63) is 146 Å². The minimum Gasteiger partial charge on any atom is -0.0622 e. The predicted molar refractivity (Wildman–Crippen MR) is 155 cm³/mol. The average molecular weight is 457 g/mol. The highest BCUT2D eigenvalue weighted by Gasteiger charge is 2.17. The van der Waals surface area contributed by atoms with Gasteiger partial charge in [-0.25, -0.2) is 0 Å². The van der Waals surface area contributed by atoms with Gasteiger partial charge >= 0.3 is 0 Å². The smallest absolute Gasteiger partial charge is 0.00204 e. The minimum absolute atomic E-state index is 1.23. The molecule has 7 aromatic rings. The molecular formula is C36H24. The predicted octanol–water partition coefficient (Wildman–Crippen LogP) is 10.1. The van der Waals surface area contributed by atoms with Crippen LogP contribution in [-0.2, 0) is 0 Å². The quantitative estimate of drug-likeness (QED) is 0.232. The van der Waals surface area contributed by atoms with E-state index >= 15 is 0 Å². The van der Waals surface area contributed by atoms with Crippen LogP contribution in [0.5, 0.6) is 0 Å². The number of hydrogen-bond acceptors (Lipinski definition) is 0. The normalized spacial score (nSPS) is 11.3. The van der Waals surface area contributed by atoms with E-state index in [1.165, 1.54) is 65.7 Å². The first kappa shape index (κ1) is 20.7. The molecule has 0 spiro atoms. The summed E-state index contributed by atoms with van der Waals surface area (Å²) in [6.07, 6.45) is 0. The summed E-state index contributed by atoms with van der Waals surface area (Å²) in [6.45, 7) is 0. The van der Waals surface area contributed by atoms with Crippen LogP contribution in [0.4, 0.5) is 0 Å². The van der Waals surface area contributed by atoms with Crippen molar-refractivity contribution in [3.8, 4) is 33.4 Å². The molecule has 0 bridgehead atoms. The van der Waals surface area contributed by atoms with Gasteiger partial charge < -0.3 is 0 Å². The van der Waals surface area contributed by atoms with Gasteiger partial charge in [-0.15, -0.1) is 0 Å². The second-order valence-corrected chi connectivity index (χ2v) is 9.31. The third-order valence-electron chi connectivity index (χ3n) is 7.29. The lowest BCUT2D eigenvalue weighted by molar-refractivity contribution is 1.59. The lowest BCUT2D eigenvalue weighted by atomic mass is 9.84. The highest BCUT2D eigenvalue weighted by molar-refractivity contribution is 6.15. The Balaban J connectivity index is 1.59. The van der Waals surface area contributed by atoms with Gasteiger partial charge in [0.05, 0.1) is 0 Å². The zero-order valence-electron chi connectivity index (χ0n) is 19.9. The van der Waals surface area contributed by atoms with Crippen LogP contribution in [-0.4, -0.2) is 0 Å². The van der Waals surface area contributed by atoms with E-state index in [1.807, 2.05) is 0 Å². The lowest BCUT2D eigenvalue weighted by Crippen LogP contribution is -1.92. The molecule has 0 heterocycles. The molecule has 0 nitrogen and oxygen atoms in total. The molecule has 36 heavy (non-hydrogen) atoms. The van der Waals surface area contributed by atoms with Crippen LogP contribution in [0, 0.1) is 0 Å². The van der Waals surface area contributed by atoms with Crippen molar-refractivity contribution in [1.29, 1.82) is 0 Å². The molecule has 0 N–H and O–H groups in total. The van der Waals surface area contributed by atoms with Crippen LogP contribution in [0.1, 0.15) is 0 Å². The summed E-state index contributed by atoms with van der Waals surface area (Å²) in [5, 5.41) is 7.67. The minimum atomic E-state index is 1.23. The van der Waals surface area contributed by atoms with E-state index in [0.717, 1.165) is 0 Å². The monoisotopic (exact) mass is 456 g/mol. The third-order valence-corrected chi connectivity index (χ3v) is 7.29. The summed E-state index contributed by atoms with van der Waals surface area (Å²) in [5.74, 6) is 0. The van der Waals surface area contributed by atoms with Gasteiger partial charge in [-0.2, -0.15) is 0 Å². The first-order valence-electron chi connectivity index (χ1n) is 12.5. The number of rotatable bonds is 3. The van der Waals surface area contributed by atoms with Crippen LogP contribution in [0.25, 0.3) is 65.7 Å². The van der Waals surface area contributed by atoms with Crippen molar-refractivity contribution >= 4 is 32.3 Å². The molecule has 0 saturated heterocycles. The zero-order chi connectivity index (χ0) is 23.9. The number of fused-ring (bicyclic) bond motifs is 4. The standard InChI is InChI=1S/C36H24/c1-2-11-25(12-3-1)29-16-8-9-18-34(29)36-30-17-7-5-14-27(30)22-24-35(36)32-20-10-19-31-28-15-6-4-13-26(28)21-23-33(31)32/h1-24H. The second-order valence-electron chi connectivity index (χ2n) is 9.31. The largest absolute Gasteiger partial charge is 0.0622 e. The number of hydrogen-bond donors (Lipinski definition) is 0. The Bertz CT molecular complexity index is 1880. The van der Waals surface area contributed by atoms with Crippen molar-refractivity contribution in [1.82, 2.24) is 0 Å². The van der Waals surface area contributed by atoms with E-state index in [4.69, 9.17) is 0 Å². The van der Waals surface area contributed by atoms with Crippen molar-refractivity contribution in [2.75, 3.05) is 0 Å². The highest BCUT2D eigenvalue weighted by atomic mass is 14.2. The SMILES string of the molecule is c1ccc(-c2ccccc2-c2c(-c3cccc4c3ccc3ccccc34)ccc3ccccc23)cc1. The van der Waals surface area contributed by atoms with Crippen molar-refractivity contribution < 1.29 is 0 Å². The molecule has 0 aliphatic rings. The molecule has 0 aliphatic carbocycles. The molecule has 0 aromatic heterocycles. The fraction of sp³-hybridized carbons (Fsp3) is 0. The Morgan fingerprint density at radius 3 is 1.67 bits per heavy atom. The Hall–Kier alpha value is -4.68. The van der Waals surface area contributed by atoms with Gasteiger partial charge in [0.2, 0.25) is 0 Å². The average Bonchev–Trinajstić information content (AvgIpc) is 2.96. The first-order chi connectivity index (χ1) is 17.9. The van der Waals surface area contributed by atoms with E-state index in [9.17, 15) is 0 Å². The summed E-state index contributed by atoms with van der Waals surface area (Å²) in [4.78, 5) is 0. The maximum atomic E-state index is 2.31. The van der Waals surface area contributed by atoms with E-state index in [0.29, 0.717) is 0 Å². The second kappa shape index (κ2) is 8.52. The molecule has 0 saturated carbocycles. The summed E-state index contributed by atoms with van der Waals surface area (Å²) < 4.78 is 0. The summed E-state index contributed by atoms with van der Waals surface area (Å²) in [5.41, 5.74) is 7.55. The maximum Gasteiger partial charge on any atom is -0.00204 e. The van der Waals surface area contributed by atoms with Gasteiger partial charge in [-0.1, -0.05) is 146 Å². The topological polar surface area (TPSA) is 0 Å². The molecule has 0 fully saturated rings. The van der Waals surface area contributed by atoms with Crippen LogP contribution in [0.3, 0.4) is 0 Å². The summed E-state index contributed by atoms with van der Waals surface area (Å²) >= 11 is 0. The Morgan fingerprint density at radius 1 is 0.250 bits per heavy atom. The lowest BCUT2D eigenvalue weighted by Gasteiger charge is -2.19. The number of benzene rings is 7. The molecular weight excluding hydrogens is 432 g/mol. The molecule has 0 radical (unpaired) electrons. The Morgan fingerprint density at radius 2 is 0.833 bits per heavy atom. The van der Waals surface area contributed by atoms with Gasteiger partial charge in [0.25, 0.3) is 0 Å². The molecule has 0 atom stereocenters. The van der Waals surface area contributed by atoms with E-state index in [1.54, 1.807) is 0 Å². The van der Waals surface area contributed by atoms with E-state index in [-0.39, 0.29) is 0 Å². The Kier molecular flexibility index (Phi) is 4.89. The zero-order valence-corrected chi connectivity index (χ0v) is 19.9. The molecule has 0 heteroatoms. The molecule has 0 amide bonds. The molecule has 168 valence electrons. The van der Waals surface area contributed by atoms with Crippen molar-refractivity contribution in [2.24, 2.45) is 0 Å². The van der Waals surface area contributed by atoms with E-state index in [2.05, 4.69) is 146 Å². The van der Waals surface area contributed by atoms with Gasteiger partial charge in [-0.05, 0) is 65.7 Å². The Labute approximate surface area is 211 Å². The van der Waals surface area contributed by atoms with Crippen LogP contribution in [0.15, 0.2) is 146 Å². The van der Waals surface area contributed by atoms with Crippen molar-refractivity contribution in [3.63, 3.8) is 0 Å². The molecule has 7 aromatic carbocycles. The van der Waals surface area contributed by atoms with Gasteiger partial charge in [-0.3, -0.25) is 0 Å². The molecule has 0 unspecified atom stereocenters.